The zero-order valence-electron chi connectivity index (χ0n) is 27.5. The number of imidazole rings is 1. The highest BCUT2D eigenvalue weighted by Crippen LogP contribution is 2.52. The van der Waals surface area contributed by atoms with Gasteiger partial charge in [0.15, 0.2) is 17.2 Å². The van der Waals surface area contributed by atoms with Crippen LogP contribution in [0.25, 0.3) is 11.2 Å². The Balaban J connectivity index is 1.60. The van der Waals surface area contributed by atoms with Gasteiger partial charge in [-0.3, -0.25) is 28.0 Å². The van der Waals surface area contributed by atoms with E-state index in [1.807, 2.05) is 4.57 Å². The molecule has 252 valence electrons. The summed E-state index contributed by atoms with van der Waals surface area (Å²) < 4.78 is 42.6. The summed E-state index contributed by atoms with van der Waals surface area (Å²) in [4.78, 5) is 49.3. The molecule has 2 heterocycles. The highest BCUT2D eigenvalue weighted by Gasteiger charge is 2.31. The second kappa shape index (κ2) is 15.6. The Morgan fingerprint density at radius 1 is 0.891 bits per heavy atom. The maximum atomic E-state index is 13.7. The highest BCUT2D eigenvalue weighted by atomic mass is 31.2. The lowest BCUT2D eigenvalue weighted by Crippen LogP contribution is -2.25. The predicted molar refractivity (Wildman–Crippen MR) is 170 cm³/mol. The van der Waals surface area contributed by atoms with Gasteiger partial charge in [0, 0.05) is 6.54 Å². The first kappa shape index (κ1) is 36.6. The van der Waals surface area contributed by atoms with Crippen LogP contribution in [-0.4, -0.2) is 57.4 Å². The van der Waals surface area contributed by atoms with Crippen molar-refractivity contribution in [3.05, 3.63) is 42.0 Å². The Morgan fingerprint density at radius 3 is 2.11 bits per heavy atom. The van der Waals surface area contributed by atoms with Crippen molar-refractivity contribution in [1.82, 2.24) is 19.5 Å². The van der Waals surface area contributed by atoms with Crippen molar-refractivity contribution in [1.29, 1.82) is 0 Å². The number of ether oxygens (including phenoxy) is 3. The molecule has 3 aromatic rings. The van der Waals surface area contributed by atoms with E-state index < -0.39 is 44.0 Å². The Kier molecular flexibility index (Phi) is 12.4. The van der Waals surface area contributed by atoms with Gasteiger partial charge in [-0.2, -0.15) is 0 Å². The van der Waals surface area contributed by atoms with Gasteiger partial charge in [0.2, 0.25) is 13.6 Å². The molecule has 2 aromatic heterocycles. The topological polar surface area (TPSA) is 184 Å². The Hall–Kier alpha value is -3.87. The summed E-state index contributed by atoms with van der Waals surface area (Å²) in [5.74, 6) is -0.642. The van der Waals surface area contributed by atoms with Crippen molar-refractivity contribution in [2.45, 2.75) is 80.4 Å². The first-order chi connectivity index (χ1) is 21.5. The number of carbonyl (C=O) groups excluding carboxylic acids is 3. The van der Waals surface area contributed by atoms with Crippen LogP contribution in [0.2, 0.25) is 0 Å². The number of nitrogens with zero attached hydrogens (tertiary/aromatic N) is 4. The number of benzene rings is 1. The number of nitrogen functional groups attached to an aromatic ring is 1. The molecule has 0 aliphatic rings. The number of esters is 2. The summed E-state index contributed by atoms with van der Waals surface area (Å²) >= 11 is 0. The Bertz CT molecular complexity index is 1540. The van der Waals surface area contributed by atoms with Crippen LogP contribution in [0, 0.1) is 10.8 Å². The molecule has 15 heteroatoms. The maximum Gasteiger partial charge on any atom is 0.340 e. The number of hydrogen-bond donors (Lipinski definition) is 1. The summed E-state index contributed by atoms with van der Waals surface area (Å²) in [5, 5.41) is 0. The van der Waals surface area contributed by atoms with Gasteiger partial charge in [-0.1, -0.05) is 6.07 Å². The molecule has 0 unspecified atom stereocenters. The fourth-order valence-corrected chi connectivity index (χ4v) is 5.32. The SMILES string of the molecule is CC(=O)c1cc(CP(=O)(OCOC(=O)C(C)(C)C)OCOC(=O)C(C)(C)C)ccc1OCCCCCn1cnc2c(N)ncnc21. The molecule has 2 N–H and O–H groups in total. The van der Waals surface area contributed by atoms with Crippen molar-refractivity contribution < 1.29 is 42.2 Å². The van der Waals surface area contributed by atoms with Gasteiger partial charge in [0.05, 0.1) is 35.5 Å². The van der Waals surface area contributed by atoms with Gasteiger partial charge in [-0.15, -0.1) is 0 Å². The second-order valence-electron chi connectivity index (χ2n) is 12.8. The van der Waals surface area contributed by atoms with E-state index in [9.17, 15) is 18.9 Å². The van der Waals surface area contributed by atoms with Gasteiger partial charge in [-0.25, -0.2) is 15.0 Å². The third-order valence-electron chi connectivity index (χ3n) is 6.63. The number of unbranched alkanes of at least 4 members (excludes halogenated alkanes) is 2. The minimum atomic E-state index is -4.02. The molecule has 0 bridgehead atoms. The largest absolute Gasteiger partial charge is 0.493 e. The van der Waals surface area contributed by atoms with Crippen LogP contribution in [-0.2, 0) is 45.4 Å². The standard InChI is InChI=1S/C31H44N5O9P/c1-21(37)23-15-22(16-46(40,44-19-42-28(38)30(2,3)4)45-20-43-29(39)31(5,6)7)11-12-24(23)41-14-10-8-9-13-36-18-35-25-26(32)33-17-34-27(25)36/h11-12,15,17-18H,8-10,13-14,16,19-20H2,1-7H3,(H2,32,33,34). The zero-order chi connectivity index (χ0) is 34.1. The lowest BCUT2D eigenvalue weighted by Gasteiger charge is -2.22. The number of aryl methyl sites for hydroxylation is 1. The first-order valence-corrected chi connectivity index (χ1v) is 16.6. The molecule has 3 rings (SSSR count). The molecular weight excluding hydrogens is 617 g/mol. The number of carbonyl (C=O) groups is 3. The van der Waals surface area contributed by atoms with E-state index in [-0.39, 0.29) is 11.9 Å². The fraction of sp³-hybridized carbons (Fsp3) is 0.548. The monoisotopic (exact) mass is 661 g/mol. The molecule has 0 radical (unpaired) electrons. The molecule has 0 aliphatic heterocycles. The van der Waals surface area contributed by atoms with Crippen LogP contribution in [0.5, 0.6) is 5.75 Å². The number of anilines is 1. The van der Waals surface area contributed by atoms with E-state index in [0.29, 0.717) is 47.0 Å². The smallest absolute Gasteiger partial charge is 0.340 e. The van der Waals surface area contributed by atoms with Gasteiger partial charge >= 0.3 is 19.5 Å². The van der Waals surface area contributed by atoms with Crippen LogP contribution in [0.1, 0.15) is 83.7 Å². The summed E-state index contributed by atoms with van der Waals surface area (Å²) in [6, 6.07) is 4.82. The summed E-state index contributed by atoms with van der Waals surface area (Å²) in [5.41, 5.74) is 6.25. The van der Waals surface area contributed by atoms with E-state index in [1.165, 1.54) is 13.3 Å². The number of Topliss-reactive ketones (excluding diaryl/α,β-unsaturated/α-hetero) is 1. The first-order valence-electron chi connectivity index (χ1n) is 14.9. The van der Waals surface area contributed by atoms with Crippen molar-refractivity contribution >= 4 is 42.3 Å². The third-order valence-corrected chi connectivity index (χ3v) is 8.38. The minimum absolute atomic E-state index is 0.250. The van der Waals surface area contributed by atoms with Crippen molar-refractivity contribution in [3.8, 4) is 5.75 Å². The van der Waals surface area contributed by atoms with Crippen molar-refractivity contribution in [2.24, 2.45) is 10.8 Å². The molecule has 0 spiro atoms. The summed E-state index contributed by atoms with van der Waals surface area (Å²) in [7, 11) is -4.02. The maximum absolute atomic E-state index is 13.7. The molecule has 0 atom stereocenters. The zero-order valence-corrected chi connectivity index (χ0v) is 28.4. The molecule has 0 fully saturated rings. The van der Waals surface area contributed by atoms with Gasteiger partial charge in [0.25, 0.3) is 0 Å². The molecule has 0 aliphatic carbocycles. The number of ketones is 1. The van der Waals surface area contributed by atoms with Gasteiger partial charge in [-0.05, 0) is 85.4 Å². The van der Waals surface area contributed by atoms with Gasteiger partial charge < -0.3 is 24.5 Å². The lowest BCUT2D eigenvalue weighted by atomic mass is 9.98. The number of rotatable bonds is 16. The molecule has 0 amide bonds. The summed E-state index contributed by atoms with van der Waals surface area (Å²) in [6.07, 6.45) is 5.26. The third kappa shape index (κ3) is 10.6. The van der Waals surface area contributed by atoms with Crippen LogP contribution in [0.4, 0.5) is 5.82 Å². The van der Waals surface area contributed by atoms with E-state index >= 15 is 0 Å². The fourth-order valence-electron chi connectivity index (χ4n) is 3.99. The van der Waals surface area contributed by atoms with Gasteiger partial charge in [0.1, 0.15) is 17.6 Å². The summed E-state index contributed by atoms with van der Waals surface area (Å²) in [6.45, 7) is 11.2. The van der Waals surface area contributed by atoms with Crippen molar-refractivity contribution in [2.75, 3.05) is 25.9 Å². The van der Waals surface area contributed by atoms with Crippen LogP contribution in [0.3, 0.4) is 0 Å². The quantitative estimate of drug-likeness (QED) is 0.0651. The molecule has 46 heavy (non-hydrogen) atoms. The number of aromatic nitrogens is 4. The lowest BCUT2D eigenvalue weighted by molar-refractivity contribution is -0.162. The Morgan fingerprint density at radius 2 is 1.52 bits per heavy atom. The van der Waals surface area contributed by atoms with Crippen LogP contribution >= 0.6 is 7.60 Å². The van der Waals surface area contributed by atoms with E-state index in [2.05, 4.69) is 15.0 Å². The average molecular weight is 662 g/mol. The predicted octanol–water partition coefficient (Wildman–Crippen LogP) is 5.68. The van der Waals surface area contributed by atoms with E-state index in [4.69, 9.17) is 29.0 Å². The molecular formula is C31H44N5O9P. The number of nitrogens with two attached hydrogens (primary N) is 1. The van der Waals surface area contributed by atoms with Crippen LogP contribution < -0.4 is 10.5 Å². The van der Waals surface area contributed by atoms with Crippen LogP contribution in [0.15, 0.2) is 30.9 Å². The average Bonchev–Trinajstić information content (AvgIpc) is 3.38. The number of fused-ring (bicyclic) bond motifs is 1. The normalized spacial score (nSPS) is 12.2. The Labute approximate surface area is 268 Å². The van der Waals surface area contributed by atoms with E-state index in [1.54, 1.807) is 66.1 Å². The number of hydrogen-bond acceptors (Lipinski definition) is 13. The molecule has 0 saturated carbocycles. The molecule has 14 nitrogen and oxygen atoms in total. The highest BCUT2D eigenvalue weighted by molar-refractivity contribution is 7.53. The molecule has 0 saturated heterocycles. The minimum Gasteiger partial charge on any atom is -0.493 e. The van der Waals surface area contributed by atoms with Crippen molar-refractivity contribution in [3.63, 3.8) is 0 Å². The molecule has 1 aromatic carbocycles. The van der Waals surface area contributed by atoms with E-state index in [0.717, 1.165) is 19.3 Å². The second-order valence-corrected chi connectivity index (χ2v) is 14.8.